The molecule has 0 aliphatic heterocycles. The Morgan fingerprint density at radius 3 is 2.74 bits per heavy atom. The van der Waals surface area contributed by atoms with Crippen LogP contribution >= 0.6 is 0 Å². The van der Waals surface area contributed by atoms with Gasteiger partial charge in [0.25, 0.3) is 5.69 Å². The number of anilines is 1. The van der Waals surface area contributed by atoms with Gasteiger partial charge in [-0.3, -0.25) is 14.9 Å². The van der Waals surface area contributed by atoms with Crippen LogP contribution in [0.1, 0.15) is 25.7 Å². The highest BCUT2D eigenvalue weighted by Crippen LogP contribution is 2.31. The van der Waals surface area contributed by atoms with Crippen molar-refractivity contribution >= 4 is 17.3 Å². The van der Waals surface area contributed by atoms with Crippen molar-refractivity contribution in [2.75, 3.05) is 25.6 Å². The largest absolute Gasteiger partial charge is 0.495 e. The molecule has 1 aliphatic carbocycles. The van der Waals surface area contributed by atoms with E-state index in [1.54, 1.807) is 0 Å². The molecule has 0 saturated heterocycles. The number of nitrogens with one attached hydrogen (secondary N) is 2. The van der Waals surface area contributed by atoms with E-state index in [4.69, 9.17) is 4.74 Å². The molecule has 1 aromatic carbocycles. The second kappa shape index (κ2) is 7.38. The predicted molar refractivity (Wildman–Crippen MR) is 84.6 cm³/mol. The number of amides is 1. The minimum Gasteiger partial charge on any atom is -0.495 e. The third-order valence-corrected chi connectivity index (χ3v) is 4.13. The summed E-state index contributed by atoms with van der Waals surface area (Å²) in [5, 5.41) is 26.0. The van der Waals surface area contributed by atoms with Crippen molar-refractivity contribution in [2.45, 2.75) is 31.2 Å². The van der Waals surface area contributed by atoms with E-state index in [0.717, 1.165) is 19.3 Å². The first-order chi connectivity index (χ1) is 11.0. The standard InChI is InChI=1S/C15H21N3O5/c1-23-13-4-3-11(18(21)22)9-12(13)17-14(20)5-8-16-15(10-19)6-2-7-15/h3-4,9,16,19H,2,5-8,10H2,1H3,(H,17,20). The van der Waals surface area contributed by atoms with Gasteiger partial charge in [-0.1, -0.05) is 0 Å². The molecule has 0 aromatic heterocycles. The molecule has 23 heavy (non-hydrogen) atoms. The summed E-state index contributed by atoms with van der Waals surface area (Å²) in [6.07, 6.45) is 3.09. The van der Waals surface area contributed by atoms with Gasteiger partial charge in [0.05, 0.1) is 24.3 Å². The number of nitro benzene ring substituents is 1. The smallest absolute Gasteiger partial charge is 0.271 e. The van der Waals surface area contributed by atoms with Crippen molar-refractivity contribution in [3.05, 3.63) is 28.3 Å². The number of benzene rings is 1. The van der Waals surface area contributed by atoms with Crippen LogP contribution in [0.5, 0.6) is 5.75 Å². The van der Waals surface area contributed by atoms with Gasteiger partial charge in [0, 0.05) is 30.6 Å². The third-order valence-electron chi connectivity index (χ3n) is 4.13. The fourth-order valence-corrected chi connectivity index (χ4v) is 2.56. The topological polar surface area (TPSA) is 114 Å². The monoisotopic (exact) mass is 323 g/mol. The van der Waals surface area contributed by atoms with Crippen molar-refractivity contribution in [1.82, 2.24) is 5.32 Å². The lowest BCUT2D eigenvalue weighted by Crippen LogP contribution is -2.54. The molecule has 3 N–H and O–H groups in total. The van der Waals surface area contributed by atoms with Crippen LogP contribution in [0.4, 0.5) is 11.4 Å². The molecule has 8 heteroatoms. The molecule has 1 aliphatic rings. The van der Waals surface area contributed by atoms with E-state index in [2.05, 4.69) is 10.6 Å². The maximum Gasteiger partial charge on any atom is 0.271 e. The molecule has 0 spiro atoms. The van der Waals surface area contributed by atoms with Crippen LogP contribution in [0, 0.1) is 10.1 Å². The predicted octanol–water partition coefficient (Wildman–Crippen LogP) is 1.44. The molecule has 1 saturated carbocycles. The molecule has 1 amide bonds. The van der Waals surface area contributed by atoms with Crippen LogP contribution in [-0.2, 0) is 4.79 Å². The van der Waals surface area contributed by atoms with E-state index in [-0.39, 0.29) is 35.8 Å². The van der Waals surface area contributed by atoms with Gasteiger partial charge in [-0.05, 0) is 25.3 Å². The summed E-state index contributed by atoms with van der Waals surface area (Å²) in [7, 11) is 1.43. The molecule has 0 radical (unpaired) electrons. The Kier molecular flexibility index (Phi) is 5.51. The van der Waals surface area contributed by atoms with Crippen LogP contribution in [0.2, 0.25) is 0 Å². The number of aliphatic hydroxyl groups is 1. The minimum atomic E-state index is -0.530. The van der Waals surface area contributed by atoms with Gasteiger partial charge in [-0.2, -0.15) is 0 Å². The number of non-ortho nitro benzene ring substituents is 1. The summed E-state index contributed by atoms with van der Waals surface area (Å²) < 4.78 is 5.10. The number of carbonyl (C=O) groups excluding carboxylic acids is 1. The lowest BCUT2D eigenvalue weighted by molar-refractivity contribution is -0.384. The molecule has 126 valence electrons. The van der Waals surface area contributed by atoms with Crippen molar-refractivity contribution in [2.24, 2.45) is 0 Å². The molecular formula is C15H21N3O5. The zero-order valence-corrected chi connectivity index (χ0v) is 13.0. The Morgan fingerprint density at radius 2 is 2.22 bits per heavy atom. The lowest BCUT2D eigenvalue weighted by Gasteiger charge is -2.41. The summed E-state index contributed by atoms with van der Waals surface area (Å²) >= 11 is 0. The van der Waals surface area contributed by atoms with Crippen molar-refractivity contribution < 1.29 is 19.6 Å². The van der Waals surface area contributed by atoms with E-state index in [9.17, 15) is 20.0 Å². The van der Waals surface area contributed by atoms with E-state index in [1.807, 2.05) is 0 Å². The number of ether oxygens (including phenoxy) is 1. The van der Waals surface area contributed by atoms with E-state index < -0.39 is 4.92 Å². The Morgan fingerprint density at radius 1 is 1.48 bits per heavy atom. The van der Waals surface area contributed by atoms with E-state index >= 15 is 0 Å². The fourth-order valence-electron chi connectivity index (χ4n) is 2.56. The zero-order chi connectivity index (χ0) is 16.9. The van der Waals surface area contributed by atoms with Gasteiger partial charge in [0.2, 0.25) is 5.91 Å². The Balaban J connectivity index is 1.91. The van der Waals surface area contributed by atoms with Gasteiger partial charge in [-0.15, -0.1) is 0 Å². The third kappa shape index (κ3) is 4.17. The van der Waals surface area contributed by atoms with Gasteiger partial charge in [0.1, 0.15) is 5.75 Å². The van der Waals surface area contributed by atoms with Crippen LogP contribution in [0.3, 0.4) is 0 Å². The lowest BCUT2D eigenvalue weighted by atomic mass is 9.77. The van der Waals surface area contributed by atoms with Gasteiger partial charge in [-0.25, -0.2) is 0 Å². The number of nitro groups is 1. The number of hydrogen-bond acceptors (Lipinski definition) is 6. The molecule has 0 heterocycles. The summed E-state index contributed by atoms with van der Waals surface area (Å²) in [6, 6.07) is 4.03. The number of aliphatic hydroxyl groups excluding tert-OH is 1. The summed E-state index contributed by atoms with van der Waals surface area (Å²) in [5.41, 5.74) is -0.0936. The highest BCUT2D eigenvalue weighted by atomic mass is 16.6. The van der Waals surface area contributed by atoms with Gasteiger partial charge < -0.3 is 20.5 Å². The maximum absolute atomic E-state index is 12.0. The normalized spacial score (nSPS) is 15.6. The maximum atomic E-state index is 12.0. The molecule has 0 atom stereocenters. The molecule has 1 fully saturated rings. The minimum absolute atomic E-state index is 0.0628. The van der Waals surface area contributed by atoms with E-state index in [1.165, 1.54) is 25.3 Å². The second-order valence-electron chi connectivity index (χ2n) is 5.66. The van der Waals surface area contributed by atoms with Crippen LogP contribution in [-0.4, -0.2) is 41.7 Å². The number of methoxy groups -OCH3 is 1. The van der Waals surface area contributed by atoms with Crippen molar-refractivity contribution in [1.29, 1.82) is 0 Å². The highest BCUT2D eigenvalue weighted by Gasteiger charge is 2.35. The molecule has 8 nitrogen and oxygen atoms in total. The first-order valence-electron chi connectivity index (χ1n) is 7.48. The number of nitrogens with zero attached hydrogens (tertiary/aromatic N) is 1. The first-order valence-corrected chi connectivity index (χ1v) is 7.48. The summed E-state index contributed by atoms with van der Waals surface area (Å²) in [6.45, 7) is 0.497. The van der Waals surface area contributed by atoms with Gasteiger partial charge in [0.15, 0.2) is 0 Å². The molecule has 0 unspecified atom stereocenters. The molecule has 2 rings (SSSR count). The first kappa shape index (κ1) is 17.2. The number of hydrogen-bond donors (Lipinski definition) is 3. The number of carbonyl (C=O) groups is 1. The average molecular weight is 323 g/mol. The van der Waals surface area contributed by atoms with E-state index in [0.29, 0.717) is 12.3 Å². The van der Waals surface area contributed by atoms with Crippen molar-refractivity contribution in [3.63, 3.8) is 0 Å². The molecule has 0 bridgehead atoms. The molecular weight excluding hydrogens is 302 g/mol. The Labute approximate surface area is 134 Å². The Bertz CT molecular complexity index is 581. The molecule has 1 aromatic rings. The zero-order valence-electron chi connectivity index (χ0n) is 13.0. The Hall–Kier alpha value is -2.19. The quantitative estimate of drug-likeness (QED) is 0.493. The van der Waals surface area contributed by atoms with Crippen molar-refractivity contribution in [3.8, 4) is 5.75 Å². The van der Waals surface area contributed by atoms with Crippen LogP contribution < -0.4 is 15.4 Å². The summed E-state index contributed by atoms with van der Waals surface area (Å²) in [5.74, 6) is 0.0893. The SMILES string of the molecule is COc1ccc([N+](=O)[O-])cc1NC(=O)CCNC1(CO)CCC1. The second-order valence-corrected chi connectivity index (χ2v) is 5.66. The average Bonchev–Trinajstić information content (AvgIpc) is 2.49. The van der Waals surface area contributed by atoms with Gasteiger partial charge >= 0.3 is 0 Å². The van der Waals surface area contributed by atoms with Crippen LogP contribution in [0.15, 0.2) is 18.2 Å². The fraction of sp³-hybridized carbons (Fsp3) is 0.533. The number of rotatable bonds is 8. The highest BCUT2D eigenvalue weighted by molar-refractivity contribution is 5.92. The summed E-state index contributed by atoms with van der Waals surface area (Å²) in [4.78, 5) is 22.3. The van der Waals surface area contributed by atoms with Crippen LogP contribution in [0.25, 0.3) is 0 Å².